The summed E-state index contributed by atoms with van der Waals surface area (Å²) >= 11 is 4.90. The van der Waals surface area contributed by atoms with Gasteiger partial charge in [-0.3, -0.25) is 4.79 Å². The summed E-state index contributed by atoms with van der Waals surface area (Å²) in [5, 5.41) is 2.86. The van der Waals surface area contributed by atoms with Gasteiger partial charge in [0, 0.05) is 36.5 Å². The van der Waals surface area contributed by atoms with Crippen molar-refractivity contribution in [2.75, 3.05) is 6.54 Å². The average Bonchev–Trinajstić information content (AvgIpc) is 2.96. The Morgan fingerprint density at radius 1 is 1.40 bits per heavy atom. The number of carbonyl (C=O) groups excluding carboxylic acids is 1. The van der Waals surface area contributed by atoms with E-state index in [9.17, 15) is 4.79 Å². The van der Waals surface area contributed by atoms with Gasteiger partial charge in [-0.15, -0.1) is 0 Å². The third kappa shape index (κ3) is 3.89. The van der Waals surface area contributed by atoms with Gasteiger partial charge in [0.15, 0.2) is 0 Å². The lowest BCUT2D eigenvalue weighted by Gasteiger charge is -2.06. The fraction of sp³-hybridized carbons (Fsp3) is 0.214. The summed E-state index contributed by atoms with van der Waals surface area (Å²) in [5.41, 5.74) is 6.81. The molecule has 0 saturated carbocycles. The average molecular weight is 288 g/mol. The number of nitrogens with one attached hydrogen (secondary N) is 2. The molecule has 0 aliphatic heterocycles. The molecule has 1 aromatic carbocycles. The normalized spacial score (nSPS) is 10.2. The van der Waals surface area contributed by atoms with Gasteiger partial charge >= 0.3 is 0 Å². The molecule has 0 saturated heterocycles. The summed E-state index contributed by atoms with van der Waals surface area (Å²) in [4.78, 5) is 19.4. The van der Waals surface area contributed by atoms with Crippen LogP contribution in [0.25, 0.3) is 0 Å². The number of hydrogen-bond acceptors (Lipinski definition) is 3. The second kappa shape index (κ2) is 6.81. The van der Waals surface area contributed by atoms with Crippen LogP contribution in [0.15, 0.2) is 36.7 Å². The van der Waals surface area contributed by atoms with Crippen molar-refractivity contribution in [1.82, 2.24) is 15.3 Å². The zero-order valence-corrected chi connectivity index (χ0v) is 11.7. The number of aromatic amines is 1. The molecule has 6 heteroatoms. The van der Waals surface area contributed by atoms with Crippen molar-refractivity contribution in [3.05, 3.63) is 53.6 Å². The first kappa shape index (κ1) is 14.2. The Bertz CT molecular complexity index is 595. The van der Waals surface area contributed by atoms with Gasteiger partial charge in [0.2, 0.25) is 0 Å². The van der Waals surface area contributed by atoms with Gasteiger partial charge in [0.05, 0.1) is 0 Å². The highest BCUT2D eigenvalue weighted by molar-refractivity contribution is 7.80. The number of aryl methyl sites for hydroxylation is 1. The van der Waals surface area contributed by atoms with Crippen molar-refractivity contribution in [3.63, 3.8) is 0 Å². The van der Waals surface area contributed by atoms with E-state index in [0.29, 0.717) is 17.7 Å². The van der Waals surface area contributed by atoms with E-state index in [4.69, 9.17) is 18.0 Å². The molecule has 0 fully saturated rings. The van der Waals surface area contributed by atoms with Crippen molar-refractivity contribution in [1.29, 1.82) is 0 Å². The minimum atomic E-state index is -0.123. The Kier molecular flexibility index (Phi) is 4.84. The lowest BCUT2D eigenvalue weighted by atomic mass is 10.1. The highest BCUT2D eigenvalue weighted by atomic mass is 32.1. The van der Waals surface area contributed by atoms with E-state index in [1.165, 1.54) is 0 Å². The number of imidazole rings is 1. The second-order valence-corrected chi connectivity index (χ2v) is 4.78. The van der Waals surface area contributed by atoms with Crippen molar-refractivity contribution >= 4 is 23.1 Å². The zero-order valence-electron chi connectivity index (χ0n) is 10.9. The van der Waals surface area contributed by atoms with Gasteiger partial charge in [-0.2, -0.15) is 0 Å². The van der Waals surface area contributed by atoms with E-state index in [2.05, 4.69) is 15.3 Å². The first-order valence-corrected chi connectivity index (χ1v) is 6.74. The van der Waals surface area contributed by atoms with Crippen LogP contribution in [0.2, 0.25) is 0 Å². The molecule has 0 bridgehead atoms. The van der Waals surface area contributed by atoms with E-state index >= 15 is 0 Å². The molecule has 0 aliphatic carbocycles. The SMILES string of the molecule is NC(=S)c1cccc(C(=O)NCCCc2ncc[nH]2)c1. The monoisotopic (exact) mass is 288 g/mol. The molecule has 0 atom stereocenters. The molecule has 0 radical (unpaired) electrons. The number of H-pyrrole nitrogens is 1. The van der Waals surface area contributed by atoms with Crippen LogP contribution in [0.3, 0.4) is 0 Å². The molecule has 1 amide bonds. The van der Waals surface area contributed by atoms with Gasteiger partial charge in [-0.05, 0) is 18.6 Å². The highest BCUT2D eigenvalue weighted by Crippen LogP contribution is 2.05. The van der Waals surface area contributed by atoms with Crippen molar-refractivity contribution in [3.8, 4) is 0 Å². The first-order chi connectivity index (χ1) is 9.66. The van der Waals surface area contributed by atoms with E-state index in [0.717, 1.165) is 18.7 Å². The quantitative estimate of drug-likeness (QED) is 0.554. The molecule has 1 aromatic heterocycles. The van der Waals surface area contributed by atoms with Gasteiger partial charge in [-0.1, -0.05) is 24.4 Å². The van der Waals surface area contributed by atoms with Crippen LogP contribution in [0, 0.1) is 0 Å². The van der Waals surface area contributed by atoms with Crippen LogP contribution in [0.1, 0.15) is 28.2 Å². The molecule has 5 nitrogen and oxygen atoms in total. The minimum absolute atomic E-state index is 0.123. The molecule has 104 valence electrons. The number of thiocarbonyl (C=S) groups is 1. The predicted molar refractivity (Wildman–Crippen MR) is 81.6 cm³/mol. The molecular formula is C14H16N4OS. The third-order valence-corrected chi connectivity index (χ3v) is 3.08. The largest absolute Gasteiger partial charge is 0.389 e. The number of nitrogens with zero attached hydrogens (tertiary/aromatic N) is 1. The maximum Gasteiger partial charge on any atom is 0.251 e. The van der Waals surface area contributed by atoms with Crippen LogP contribution in [-0.4, -0.2) is 27.4 Å². The number of nitrogens with two attached hydrogens (primary N) is 1. The van der Waals surface area contributed by atoms with Crippen molar-refractivity contribution in [2.24, 2.45) is 5.73 Å². The minimum Gasteiger partial charge on any atom is -0.389 e. The van der Waals surface area contributed by atoms with Crippen LogP contribution < -0.4 is 11.1 Å². The molecule has 1 heterocycles. The van der Waals surface area contributed by atoms with Crippen LogP contribution in [0.4, 0.5) is 0 Å². The fourth-order valence-corrected chi connectivity index (χ4v) is 1.94. The van der Waals surface area contributed by atoms with E-state index in [1.807, 2.05) is 0 Å². The number of hydrogen-bond donors (Lipinski definition) is 3. The lowest BCUT2D eigenvalue weighted by molar-refractivity contribution is 0.0953. The Morgan fingerprint density at radius 2 is 2.20 bits per heavy atom. The summed E-state index contributed by atoms with van der Waals surface area (Å²) in [5.74, 6) is 0.803. The Balaban J connectivity index is 1.82. The summed E-state index contributed by atoms with van der Waals surface area (Å²) in [6, 6.07) is 7.00. The fourth-order valence-electron chi connectivity index (χ4n) is 1.81. The Morgan fingerprint density at radius 3 is 2.90 bits per heavy atom. The molecule has 2 rings (SSSR count). The molecule has 20 heavy (non-hydrogen) atoms. The number of rotatable bonds is 6. The summed E-state index contributed by atoms with van der Waals surface area (Å²) in [6.07, 6.45) is 5.14. The van der Waals surface area contributed by atoms with Crippen LogP contribution in [-0.2, 0) is 6.42 Å². The zero-order chi connectivity index (χ0) is 14.4. The summed E-state index contributed by atoms with van der Waals surface area (Å²) < 4.78 is 0. The van der Waals surface area contributed by atoms with Crippen LogP contribution >= 0.6 is 12.2 Å². The van der Waals surface area contributed by atoms with Crippen molar-refractivity contribution < 1.29 is 4.79 Å². The Hall–Kier alpha value is -2.21. The van der Waals surface area contributed by atoms with E-state index in [-0.39, 0.29) is 10.9 Å². The maximum atomic E-state index is 12.0. The smallest absolute Gasteiger partial charge is 0.251 e. The number of amides is 1. The molecule has 0 unspecified atom stereocenters. The van der Waals surface area contributed by atoms with Gasteiger partial charge in [0.25, 0.3) is 5.91 Å². The van der Waals surface area contributed by atoms with Crippen molar-refractivity contribution in [2.45, 2.75) is 12.8 Å². The van der Waals surface area contributed by atoms with E-state index in [1.54, 1.807) is 36.7 Å². The van der Waals surface area contributed by atoms with Gasteiger partial charge in [-0.25, -0.2) is 4.98 Å². The Labute approximate surface area is 122 Å². The number of carbonyl (C=O) groups is 1. The molecule has 0 spiro atoms. The van der Waals surface area contributed by atoms with Gasteiger partial charge in [0.1, 0.15) is 10.8 Å². The first-order valence-electron chi connectivity index (χ1n) is 6.33. The number of benzene rings is 1. The standard InChI is InChI=1S/C14H16N4OS/c15-13(20)10-3-1-4-11(9-10)14(19)18-6-2-5-12-16-7-8-17-12/h1,3-4,7-9H,2,5-6H2,(H2,15,20)(H,16,17)(H,18,19). The maximum absolute atomic E-state index is 12.0. The van der Waals surface area contributed by atoms with Crippen LogP contribution in [0.5, 0.6) is 0 Å². The molecular weight excluding hydrogens is 272 g/mol. The lowest BCUT2D eigenvalue weighted by Crippen LogP contribution is -2.25. The van der Waals surface area contributed by atoms with E-state index < -0.39 is 0 Å². The topological polar surface area (TPSA) is 83.8 Å². The molecule has 0 aliphatic rings. The highest BCUT2D eigenvalue weighted by Gasteiger charge is 2.06. The summed E-state index contributed by atoms with van der Waals surface area (Å²) in [6.45, 7) is 0.594. The predicted octanol–water partition coefficient (Wildman–Crippen LogP) is 1.41. The number of aromatic nitrogens is 2. The third-order valence-electron chi connectivity index (χ3n) is 2.84. The molecule has 4 N–H and O–H groups in total. The second-order valence-electron chi connectivity index (χ2n) is 4.34. The summed E-state index contributed by atoms with van der Waals surface area (Å²) in [7, 11) is 0. The molecule has 2 aromatic rings. The van der Waals surface area contributed by atoms with Gasteiger partial charge < -0.3 is 16.0 Å².